The number of carbonyl (C=O) groups excluding carboxylic acids is 1. The first-order valence-corrected chi connectivity index (χ1v) is 10.7. The van der Waals surface area contributed by atoms with Crippen molar-refractivity contribution in [3.63, 3.8) is 0 Å². The average Bonchev–Trinajstić information content (AvgIpc) is 3.28. The number of nitrogens with zero attached hydrogens (tertiary/aromatic N) is 2. The van der Waals surface area contributed by atoms with E-state index in [4.69, 9.17) is 14.2 Å². The van der Waals surface area contributed by atoms with E-state index in [9.17, 15) is 4.79 Å². The van der Waals surface area contributed by atoms with Crippen molar-refractivity contribution < 1.29 is 19.0 Å². The van der Waals surface area contributed by atoms with Gasteiger partial charge in [0.05, 0.1) is 5.52 Å². The molecule has 4 aromatic rings. The third-order valence-corrected chi connectivity index (χ3v) is 5.46. The van der Waals surface area contributed by atoms with Crippen LogP contribution in [0.25, 0.3) is 10.2 Å². The molecule has 1 amide bonds. The number of hydrogen-bond donors (Lipinski definition) is 2. The van der Waals surface area contributed by atoms with Gasteiger partial charge in [0, 0.05) is 23.5 Å². The summed E-state index contributed by atoms with van der Waals surface area (Å²) in [5, 5.41) is 7.85. The van der Waals surface area contributed by atoms with Crippen LogP contribution in [0, 0.1) is 0 Å². The Morgan fingerprint density at radius 1 is 1.06 bits per heavy atom. The highest BCUT2D eigenvalue weighted by Gasteiger charge is 2.15. The van der Waals surface area contributed by atoms with Crippen LogP contribution in [0.4, 0.5) is 17.3 Å². The van der Waals surface area contributed by atoms with Gasteiger partial charge >= 0.3 is 0 Å². The van der Waals surface area contributed by atoms with Crippen molar-refractivity contribution in [3.05, 3.63) is 66.6 Å². The van der Waals surface area contributed by atoms with Crippen LogP contribution in [0.15, 0.2) is 66.6 Å². The molecule has 2 aromatic heterocycles. The predicted octanol–water partition coefficient (Wildman–Crippen LogP) is 5.12. The Kier molecular flexibility index (Phi) is 5.30. The van der Waals surface area contributed by atoms with Crippen LogP contribution in [0.3, 0.4) is 0 Å². The van der Waals surface area contributed by atoms with Crippen LogP contribution >= 0.6 is 11.3 Å². The molecule has 9 heteroatoms. The van der Waals surface area contributed by atoms with Crippen molar-refractivity contribution in [2.24, 2.45) is 0 Å². The average molecular weight is 446 g/mol. The van der Waals surface area contributed by atoms with Gasteiger partial charge in [0.15, 0.2) is 11.5 Å². The minimum atomic E-state index is -0.296. The Bertz CT molecular complexity index is 1320. The third kappa shape index (κ3) is 4.19. The van der Waals surface area contributed by atoms with E-state index in [1.807, 2.05) is 29.6 Å². The van der Waals surface area contributed by atoms with E-state index in [-0.39, 0.29) is 5.91 Å². The quantitative estimate of drug-likeness (QED) is 0.397. The maximum Gasteiger partial charge on any atom is 0.247 e. The molecule has 0 radical (unpaired) electrons. The zero-order valence-electron chi connectivity index (χ0n) is 16.8. The summed E-state index contributed by atoms with van der Waals surface area (Å²) in [6.07, 6.45) is 1.21. The molecule has 0 unspecified atom stereocenters. The van der Waals surface area contributed by atoms with E-state index in [0.29, 0.717) is 48.0 Å². The number of hydrogen-bond acceptors (Lipinski definition) is 8. The van der Waals surface area contributed by atoms with Gasteiger partial charge in [-0.2, -0.15) is 4.98 Å². The summed E-state index contributed by atoms with van der Waals surface area (Å²) in [6.45, 7) is 4.51. The van der Waals surface area contributed by atoms with Crippen molar-refractivity contribution in [1.82, 2.24) is 9.97 Å². The lowest BCUT2D eigenvalue weighted by Crippen LogP contribution is -2.15. The largest absolute Gasteiger partial charge is 0.486 e. The second kappa shape index (κ2) is 8.56. The molecule has 1 aliphatic heterocycles. The molecule has 0 spiro atoms. The Balaban J connectivity index is 1.43. The molecular formula is C23H18N4O4S. The van der Waals surface area contributed by atoms with Crippen LogP contribution in [-0.4, -0.2) is 29.1 Å². The highest BCUT2D eigenvalue weighted by Crippen LogP contribution is 2.36. The molecule has 0 saturated heterocycles. The lowest BCUT2D eigenvalue weighted by Gasteiger charge is -2.19. The topological polar surface area (TPSA) is 94.6 Å². The molecule has 2 N–H and O–H groups in total. The first-order valence-electron chi connectivity index (χ1n) is 9.81. The number of ether oxygens (including phenoxy) is 3. The van der Waals surface area contributed by atoms with E-state index < -0.39 is 0 Å². The molecule has 5 rings (SSSR count). The number of nitrogens with one attached hydrogen (secondary N) is 2. The van der Waals surface area contributed by atoms with Gasteiger partial charge in [-0.1, -0.05) is 12.6 Å². The number of carbonyl (C=O) groups is 1. The number of anilines is 3. The highest BCUT2D eigenvalue weighted by molar-refractivity contribution is 7.17. The minimum Gasteiger partial charge on any atom is -0.486 e. The molecule has 0 bridgehead atoms. The predicted molar refractivity (Wildman–Crippen MR) is 123 cm³/mol. The zero-order chi connectivity index (χ0) is 21.9. The zero-order valence-corrected chi connectivity index (χ0v) is 17.6. The van der Waals surface area contributed by atoms with E-state index in [0.717, 1.165) is 15.9 Å². The molecule has 0 aliphatic carbocycles. The first kappa shape index (κ1) is 19.8. The Labute approximate surface area is 187 Å². The third-order valence-electron chi connectivity index (χ3n) is 4.57. The van der Waals surface area contributed by atoms with Crippen LogP contribution in [0.1, 0.15) is 0 Å². The molecule has 0 atom stereocenters. The Morgan fingerprint density at radius 3 is 2.81 bits per heavy atom. The van der Waals surface area contributed by atoms with E-state index in [2.05, 4.69) is 27.2 Å². The van der Waals surface area contributed by atoms with E-state index in [1.54, 1.807) is 24.3 Å². The molecule has 3 heterocycles. The summed E-state index contributed by atoms with van der Waals surface area (Å²) in [5.41, 5.74) is 2.12. The molecule has 0 saturated carbocycles. The number of benzene rings is 2. The molecule has 32 heavy (non-hydrogen) atoms. The van der Waals surface area contributed by atoms with Crippen molar-refractivity contribution >= 4 is 44.8 Å². The molecular weight excluding hydrogens is 428 g/mol. The number of thiophene rings is 1. The summed E-state index contributed by atoms with van der Waals surface area (Å²) in [7, 11) is 0. The van der Waals surface area contributed by atoms with Gasteiger partial charge in [-0.05, 0) is 41.8 Å². The standard InChI is InChI=1S/C23H18N4O4S/c1-2-20(28)24-14-4-3-5-16(12-14)31-22-21-17(8-11-32-21)26-23(27-22)25-15-6-7-18-19(13-15)30-10-9-29-18/h2-8,11-13H,1,9-10H2,(H,24,28)(H,25,26,27). The summed E-state index contributed by atoms with van der Waals surface area (Å²) < 4.78 is 18.1. The fourth-order valence-electron chi connectivity index (χ4n) is 3.15. The molecule has 160 valence electrons. The Morgan fingerprint density at radius 2 is 1.94 bits per heavy atom. The fourth-order valence-corrected chi connectivity index (χ4v) is 3.91. The van der Waals surface area contributed by atoms with Crippen molar-refractivity contribution in [1.29, 1.82) is 0 Å². The van der Waals surface area contributed by atoms with Crippen molar-refractivity contribution in [2.75, 3.05) is 23.8 Å². The SMILES string of the molecule is C=CC(=O)Nc1cccc(Oc2nc(Nc3ccc4c(c3)OCCO4)nc3ccsc23)c1. The van der Waals surface area contributed by atoms with Gasteiger partial charge in [0.25, 0.3) is 0 Å². The molecule has 1 aliphatic rings. The molecule has 2 aromatic carbocycles. The van der Waals surface area contributed by atoms with E-state index in [1.165, 1.54) is 17.4 Å². The van der Waals surface area contributed by atoms with Gasteiger partial charge in [-0.25, -0.2) is 4.98 Å². The van der Waals surface area contributed by atoms with Gasteiger partial charge in [-0.15, -0.1) is 11.3 Å². The second-order valence-electron chi connectivity index (χ2n) is 6.79. The van der Waals surface area contributed by atoms with Gasteiger partial charge in [-0.3, -0.25) is 4.79 Å². The number of fused-ring (bicyclic) bond motifs is 2. The van der Waals surface area contributed by atoms with Gasteiger partial charge in [0.1, 0.15) is 23.7 Å². The monoisotopic (exact) mass is 446 g/mol. The van der Waals surface area contributed by atoms with Crippen molar-refractivity contribution in [3.8, 4) is 23.1 Å². The van der Waals surface area contributed by atoms with Gasteiger partial charge < -0.3 is 24.8 Å². The fraction of sp³-hybridized carbons (Fsp3) is 0.0870. The normalized spacial score (nSPS) is 12.2. The smallest absolute Gasteiger partial charge is 0.247 e. The molecule has 0 fully saturated rings. The summed E-state index contributed by atoms with van der Waals surface area (Å²) >= 11 is 1.49. The molecule has 8 nitrogen and oxygen atoms in total. The summed E-state index contributed by atoms with van der Waals surface area (Å²) in [5.74, 6) is 2.42. The van der Waals surface area contributed by atoms with Crippen LogP contribution < -0.4 is 24.8 Å². The lowest BCUT2D eigenvalue weighted by molar-refractivity contribution is -0.111. The lowest BCUT2D eigenvalue weighted by atomic mass is 10.2. The first-order chi connectivity index (χ1) is 15.7. The second-order valence-corrected chi connectivity index (χ2v) is 7.71. The summed E-state index contributed by atoms with van der Waals surface area (Å²) in [4.78, 5) is 20.7. The van der Waals surface area contributed by atoms with Crippen LogP contribution in [-0.2, 0) is 4.79 Å². The van der Waals surface area contributed by atoms with Crippen LogP contribution in [0.2, 0.25) is 0 Å². The number of amides is 1. The highest BCUT2D eigenvalue weighted by atomic mass is 32.1. The van der Waals surface area contributed by atoms with Gasteiger partial charge in [0.2, 0.25) is 17.7 Å². The maximum atomic E-state index is 11.6. The number of rotatable bonds is 6. The van der Waals surface area contributed by atoms with Crippen molar-refractivity contribution in [2.45, 2.75) is 0 Å². The summed E-state index contributed by atoms with van der Waals surface area (Å²) in [6, 6.07) is 14.5. The number of aromatic nitrogens is 2. The Hall–Kier alpha value is -4.11. The van der Waals surface area contributed by atoms with E-state index >= 15 is 0 Å². The van der Waals surface area contributed by atoms with Crippen LogP contribution in [0.5, 0.6) is 23.1 Å². The minimum absolute atomic E-state index is 0.296. The maximum absolute atomic E-state index is 11.6.